The number of nitrogens with one attached hydrogen (secondary N) is 1. The van der Waals surface area contributed by atoms with Gasteiger partial charge < -0.3 is 18.5 Å². The molecule has 41 heavy (non-hydrogen) atoms. The lowest BCUT2D eigenvalue weighted by molar-refractivity contribution is 0.0923. The smallest absolute Gasteiger partial charge is 0.307 e. The van der Waals surface area contributed by atoms with Crippen LogP contribution in [0.5, 0.6) is 11.5 Å². The Morgan fingerprint density at radius 2 is 1.66 bits per heavy atom. The van der Waals surface area contributed by atoms with Crippen LogP contribution in [0.15, 0.2) is 101 Å². The van der Waals surface area contributed by atoms with Crippen LogP contribution >= 0.6 is 11.6 Å². The van der Waals surface area contributed by atoms with Gasteiger partial charge in [0.2, 0.25) is 0 Å². The summed E-state index contributed by atoms with van der Waals surface area (Å²) in [5.41, 5.74) is 7.17. The first-order valence-electron chi connectivity index (χ1n) is 12.8. The fourth-order valence-electron chi connectivity index (χ4n) is 4.21. The van der Waals surface area contributed by atoms with E-state index in [1.165, 1.54) is 18.3 Å². The molecule has 0 atom stereocenters. The number of carbonyl (C=O) groups excluding carboxylic acids is 1. The first-order chi connectivity index (χ1) is 19.9. The number of nitrogens with zero attached hydrogens (tertiary/aromatic N) is 2. The molecule has 0 saturated carbocycles. The van der Waals surface area contributed by atoms with E-state index >= 15 is 0 Å². The van der Waals surface area contributed by atoms with Crippen LogP contribution < -0.4 is 14.9 Å². The molecular formula is C32H27ClFN3O4. The maximum Gasteiger partial charge on any atom is 0.307 e. The first-order valence-corrected chi connectivity index (χ1v) is 13.2. The van der Waals surface area contributed by atoms with Crippen LogP contribution in [0.25, 0.3) is 5.69 Å². The normalized spacial score (nSPS) is 11.1. The molecule has 5 rings (SSSR count). The molecule has 9 heteroatoms. The minimum atomic E-state index is -0.523. The summed E-state index contributed by atoms with van der Waals surface area (Å²) in [6.45, 7) is 4.51. The minimum absolute atomic E-state index is 0.0912. The molecule has 0 saturated heterocycles. The average molecular weight is 572 g/mol. The van der Waals surface area contributed by atoms with Gasteiger partial charge in [-0.15, -0.1) is 0 Å². The summed E-state index contributed by atoms with van der Waals surface area (Å²) >= 11 is 6.13. The topological polar surface area (TPSA) is 78.0 Å². The molecule has 2 heterocycles. The lowest BCUT2D eigenvalue weighted by Crippen LogP contribution is -2.16. The van der Waals surface area contributed by atoms with Gasteiger partial charge in [-0.3, -0.25) is 4.79 Å². The number of aryl methyl sites for hydroxylation is 2. The molecule has 0 aliphatic rings. The Balaban J connectivity index is 1.15. The summed E-state index contributed by atoms with van der Waals surface area (Å²) in [7, 11) is 0. The molecule has 0 aliphatic carbocycles. The molecule has 5 aromatic rings. The van der Waals surface area contributed by atoms with Gasteiger partial charge in [0, 0.05) is 27.7 Å². The lowest BCUT2D eigenvalue weighted by atomic mass is 10.2. The zero-order valence-electron chi connectivity index (χ0n) is 22.4. The highest BCUT2D eigenvalue weighted by Crippen LogP contribution is 2.23. The highest BCUT2D eigenvalue weighted by molar-refractivity contribution is 6.30. The zero-order valence-corrected chi connectivity index (χ0v) is 23.2. The van der Waals surface area contributed by atoms with Crippen molar-refractivity contribution < 1.29 is 23.1 Å². The summed E-state index contributed by atoms with van der Waals surface area (Å²) < 4.78 is 32.6. The number of rotatable bonds is 10. The fourth-order valence-corrected chi connectivity index (χ4v) is 4.39. The summed E-state index contributed by atoms with van der Waals surface area (Å²) in [5.74, 6) is 0.928. The van der Waals surface area contributed by atoms with Gasteiger partial charge in [0.05, 0.1) is 6.21 Å². The first kappa shape index (κ1) is 27.7. The molecule has 1 amide bonds. The van der Waals surface area contributed by atoms with Crippen LogP contribution in [0, 0.1) is 19.7 Å². The average Bonchev–Trinajstić information content (AvgIpc) is 3.58. The Kier molecular flexibility index (Phi) is 8.50. The van der Waals surface area contributed by atoms with Crippen molar-refractivity contribution in [2.24, 2.45) is 5.10 Å². The number of ether oxygens (including phenoxy) is 2. The Labute approximate surface area is 241 Å². The van der Waals surface area contributed by atoms with Crippen molar-refractivity contribution in [3.8, 4) is 17.2 Å². The van der Waals surface area contributed by atoms with E-state index in [2.05, 4.69) is 41.1 Å². The fraction of sp³-hybridized carbons (Fsp3) is 0.125. The van der Waals surface area contributed by atoms with Crippen molar-refractivity contribution >= 4 is 23.7 Å². The molecule has 3 aromatic carbocycles. The van der Waals surface area contributed by atoms with Crippen molar-refractivity contribution in [2.45, 2.75) is 27.1 Å². The molecule has 0 bridgehead atoms. The Bertz CT molecular complexity index is 1650. The third kappa shape index (κ3) is 7.04. The van der Waals surface area contributed by atoms with Gasteiger partial charge in [0.1, 0.15) is 36.3 Å². The summed E-state index contributed by atoms with van der Waals surface area (Å²) in [6.07, 6.45) is 1.43. The van der Waals surface area contributed by atoms with Crippen molar-refractivity contribution in [1.82, 2.24) is 9.99 Å². The Morgan fingerprint density at radius 1 is 0.927 bits per heavy atom. The van der Waals surface area contributed by atoms with Crippen LogP contribution in [0.1, 0.15) is 38.8 Å². The third-order valence-electron chi connectivity index (χ3n) is 6.28. The second kappa shape index (κ2) is 12.6. The molecule has 2 aromatic heterocycles. The Hall–Kier alpha value is -4.82. The molecule has 208 valence electrons. The molecule has 0 radical (unpaired) electrons. The van der Waals surface area contributed by atoms with Gasteiger partial charge >= 0.3 is 5.91 Å². The quantitative estimate of drug-likeness (QED) is 0.140. The van der Waals surface area contributed by atoms with Crippen LogP contribution in [0.4, 0.5) is 4.39 Å². The van der Waals surface area contributed by atoms with Gasteiger partial charge in [-0.25, -0.2) is 9.82 Å². The Morgan fingerprint density at radius 3 is 2.39 bits per heavy atom. The van der Waals surface area contributed by atoms with E-state index in [9.17, 15) is 9.18 Å². The monoisotopic (exact) mass is 571 g/mol. The van der Waals surface area contributed by atoms with Crippen LogP contribution in [0.3, 0.4) is 0 Å². The second-order valence-electron chi connectivity index (χ2n) is 9.30. The zero-order chi connectivity index (χ0) is 28.8. The van der Waals surface area contributed by atoms with Crippen LogP contribution in [0.2, 0.25) is 5.02 Å². The third-order valence-corrected chi connectivity index (χ3v) is 6.52. The van der Waals surface area contributed by atoms with Gasteiger partial charge in [0.25, 0.3) is 0 Å². The number of furan rings is 1. The standard InChI is InChI=1S/C32H27ClFN3O4/c1-21-3-4-22(2)37(21)27-10-12-28(13-11-27)39-20-29-14-16-31(41-29)32(38)36-35-18-24-17-25(33)7-15-30(24)40-19-23-5-8-26(34)9-6-23/h3-18H,19-20H2,1-2H3,(H,36,38)/b35-18+. The van der Waals surface area contributed by atoms with Crippen molar-refractivity contribution in [2.75, 3.05) is 0 Å². The number of halogens is 2. The van der Waals surface area contributed by atoms with Gasteiger partial charge in [-0.2, -0.15) is 5.10 Å². The van der Waals surface area contributed by atoms with E-state index in [1.807, 2.05) is 24.3 Å². The number of hydrogen-bond acceptors (Lipinski definition) is 5. The molecule has 0 fully saturated rings. The maximum absolute atomic E-state index is 13.1. The SMILES string of the molecule is Cc1ccc(C)n1-c1ccc(OCc2ccc(C(=O)N/N=C/c3cc(Cl)ccc3OCc3ccc(F)cc3)o2)cc1. The number of hydrogen-bond donors (Lipinski definition) is 1. The van der Waals surface area contributed by atoms with Crippen LogP contribution in [-0.4, -0.2) is 16.7 Å². The van der Waals surface area contributed by atoms with Crippen molar-refractivity contribution in [3.63, 3.8) is 0 Å². The van der Waals surface area contributed by atoms with Gasteiger partial charge in [0.15, 0.2) is 5.76 Å². The molecule has 0 aliphatic heterocycles. The number of carbonyl (C=O) groups is 1. The van der Waals surface area contributed by atoms with Gasteiger partial charge in [-0.05, 0) is 98.3 Å². The predicted octanol–water partition coefficient (Wildman–Crippen LogP) is 7.40. The maximum atomic E-state index is 13.1. The second-order valence-corrected chi connectivity index (χ2v) is 9.73. The molecule has 0 unspecified atom stereocenters. The van der Waals surface area contributed by atoms with Crippen molar-refractivity contribution in [3.05, 3.63) is 136 Å². The predicted molar refractivity (Wildman–Crippen MR) is 156 cm³/mol. The van der Waals surface area contributed by atoms with E-state index in [-0.39, 0.29) is 24.8 Å². The summed E-state index contributed by atoms with van der Waals surface area (Å²) in [6, 6.07) is 26.2. The van der Waals surface area contributed by atoms with E-state index in [0.717, 1.165) is 22.6 Å². The number of hydrazone groups is 1. The number of amides is 1. The van der Waals surface area contributed by atoms with Crippen molar-refractivity contribution in [1.29, 1.82) is 0 Å². The van der Waals surface area contributed by atoms with E-state index in [4.69, 9.17) is 25.5 Å². The largest absolute Gasteiger partial charge is 0.488 e. The van der Waals surface area contributed by atoms with E-state index < -0.39 is 5.91 Å². The van der Waals surface area contributed by atoms with E-state index in [0.29, 0.717) is 27.8 Å². The summed E-state index contributed by atoms with van der Waals surface area (Å²) in [5, 5.41) is 4.50. The number of benzene rings is 3. The van der Waals surface area contributed by atoms with Gasteiger partial charge in [-0.1, -0.05) is 23.7 Å². The summed E-state index contributed by atoms with van der Waals surface area (Å²) in [4.78, 5) is 12.6. The lowest BCUT2D eigenvalue weighted by Gasteiger charge is -2.10. The molecular weight excluding hydrogens is 545 g/mol. The molecule has 1 N–H and O–H groups in total. The van der Waals surface area contributed by atoms with Crippen LogP contribution in [-0.2, 0) is 13.2 Å². The number of aromatic nitrogens is 1. The highest BCUT2D eigenvalue weighted by atomic mass is 35.5. The molecule has 0 spiro atoms. The van der Waals surface area contributed by atoms with E-state index in [1.54, 1.807) is 42.5 Å². The highest BCUT2D eigenvalue weighted by Gasteiger charge is 2.12. The minimum Gasteiger partial charge on any atom is -0.488 e. The molecule has 7 nitrogen and oxygen atoms in total.